The van der Waals surface area contributed by atoms with E-state index in [1.807, 2.05) is 0 Å². The van der Waals surface area contributed by atoms with Crippen LogP contribution in [0, 0.1) is 11.6 Å². The molecule has 3 N–H and O–H groups in total. The van der Waals surface area contributed by atoms with Gasteiger partial charge in [0.2, 0.25) is 0 Å². The zero-order chi connectivity index (χ0) is 16.3. The summed E-state index contributed by atoms with van der Waals surface area (Å²) in [6.45, 7) is 0. The molecule has 3 rings (SSSR count). The van der Waals surface area contributed by atoms with E-state index in [1.165, 1.54) is 17.8 Å². The minimum Gasteiger partial charge on any atom is -0.505 e. The molecule has 22 heavy (non-hydrogen) atoms. The Morgan fingerprint density at radius 2 is 2.09 bits per heavy atom. The fourth-order valence-corrected chi connectivity index (χ4v) is 2.90. The Morgan fingerprint density at radius 1 is 1.41 bits per heavy atom. The highest BCUT2D eigenvalue weighted by Gasteiger charge is 2.27. The number of nitrogens with two attached hydrogens (primary N) is 1. The van der Waals surface area contributed by atoms with E-state index >= 15 is 0 Å². The second-order valence-corrected chi connectivity index (χ2v) is 6.22. The molecule has 0 bridgehead atoms. The molecule has 1 aliphatic rings. The number of rotatable bonds is 3. The lowest BCUT2D eigenvalue weighted by atomic mass is 10.2. The van der Waals surface area contributed by atoms with Gasteiger partial charge in [-0.25, -0.2) is 8.78 Å². The Balaban J connectivity index is 0.000000162. The molecule has 0 saturated heterocycles. The number of hydrogen-bond acceptors (Lipinski definition) is 5. The third-order valence-electron chi connectivity index (χ3n) is 2.84. The first-order chi connectivity index (χ1) is 10.4. The third-order valence-corrected chi connectivity index (χ3v) is 4.83. The second kappa shape index (κ2) is 7.10. The summed E-state index contributed by atoms with van der Waals surface area (Å²) >= 11 is 5.08. The standard InChI is InChI=1S/C7H5F2NO2.C6H7BrN2S/c8-3-1-2-4(11)6(9)5(3)7(10)12;7-3-5-8-9-6(10-5)4-1-2-4/h1-2,11H,(H2,10,12);4H,1-3H2. The molecule has 1 saturated carbocycles. The number of aromatic nitrogens is 2. The summed E-state index contributed by atoms with van der Waals surface area (Å²) in [5.74, 6) is -3.71. The molecule has 1 heterocycles. The number of amides is 1. The molecule has 0 atom stereocenters. The molecule has 0 unspecified atom stereocenters. The number of carbonyl (C=O) groups excluding carboxylic acids is 1. The van der Waals surface area contributed by atoms with Crippen LogP contribution in [0.25, 0.3) is 0 Å². The summed E-state index contributed by atoms with van der Waals surface area (Å²) in [6.07, 6.45) is 2.63. The zero-order valence-electron chi connectivity index (χ0n) is 11.2. The quantitative estimate of drug-likeness (QED) is 0.786. The summed E-state index contributed by atoms with van der Waals surface area (Å²) in [4.78, 5) is 10.4. The van der Waals surface area contributed by atoms with Crippen LogP contribution in [-0.4, -0.2) is 21.2 Å². The van der Waals surface area contributed by atoms with Gasteiger partial charge >= 0.3 is 0 Å². The number of benzene rings is 1. The van der Waals surface area contributed by atoms with Gasteiger partial charge < -0.3 is 10.8 Å². The van der Waals surface area contributed by atoms with E-state index in [0.29, 0.717) is 0 Å². The van der Waals surface area contributed by atoms with Gasteiger partial charge in [0.15, 0.2) is 11.6 Å². The van der Waals surface area contributed by atoms with Crippen molar-refractivity contribution in [2.24, 2.45) is 5.73 Å². The van der Waals surface area contributed by atoms with Crippen LogP contribution in [0.5, 0.6) is 5.75 Å². The van der Waals surface area contributed by atoms with Crippen LogP contribution >= 0.6 is 27.3 Å². The van der Waals surface area contributed by atoms with Gasteiger partial charge in [-0.15, -0.1) is 21.5 Å². The Labute approximate surface area is 137 Å². The Morgan fingerprint density at radius 3 is 2.55 bits per heavy atom. The van der Waals surface area contributed by atoms with E-state index in [4.69, 9.17) is 5.11 Å². The molecule has 1 aromatic heterocycles. The number of alkyl halides is 1. The first-order valence-electron chi connectivity index (χ1n) is 6.29. The van der Waals surface area contributed by atoms with Gasteiger partial charge in [0.1, 0.15) is 21.4 Å². The van der Waals surface area contributed by atoms with E-state index in [1.54, 1.807) is 11.3 Å². The largest absolute Gasteiger partial charge is 0.505 e. The van der Waals surface area contributed by atoms with E-state index < -0.39 is 28.9 Å². The number of phenols is 1. The monoisotopic (exact) mass is 391 g/mol. The van der Waals surface area contributed by atoms with Crippen molar-refractivity contribution in [1.82, 2.24) is 10.2 Å². The first-order valence-corrected chi connectivity index (χ1v) is 8.22. The van der Waals surface area contributed by atoms with E-state index in [2.05, 4.69) is 31.9 Å². The molecule has 1 amide bonds. The van der Waals surface area contributed by atoms with Crippen molar-refractivity contribution in [3.63, 3.8) is 0 Å². The van der Waals surface area contributed by atoms with Crippen LogP contribution in [0.3, 0.4) is 0 Å². The maximum atomic E-state index is 12.7. The zero-order valence-corrected chi connectivity index (χ0v) is 13.6. The first kappa shape index (κ1) is 16.8. The minimum absolute atomic E-state index is 0.755. The summed E-state index contributed by atoms with van der Waals surface area (Å²) in [5, 5.41) is 20.0. The molecule has 5 nitrogen and oxygen atoms in total. The summed E-state index contributed by atoms with van der Waals surface area (Å²) in [6, 6.07) is 1.57. The van der Waals surface area contributed by atoms with Gasteiger partial charge in [-0.2, -0.15) is 0 Å². The van der Waals surface area contributed by atoms with Crippen LogP contribution in [0.2, 0.25) is 0 Å². The fourth-order valence-electron chi connectivity index (χ4n) is 1.58. The lowest BCUT2D eigenvalue weighted by Crippen LogP contribution is -2.15. The molecule has 0 aliphatic heterocycles. The number of hydrogen-bond donors (Lipinski definition) is 2. The molecular formula is C13H12BrF2N3O2S. The minimum atomic E-state index is -1.33. The van der Waals surface area contributed by atoms with Crippen molar-refractivity contribution < 1.29 is 18.7 Å². The van der Waals surface area contributed by atoms with Crippen LogP contribution in [0.4, 0.5) is 8.78 Å². The maximum absolute atomic E-state index is 12.7. The normalized spacial score (nSPS) is 13.4. The van der Waals surface area contributed by atoms with E-state index in [9.17, 15) is 13.6 Å². The average Bonchev–Trinajstić information content (AvgIpc) is 3.22. The lowest BCUT2D eigenvalue weighted by Gasteiger charge is -2.00. The second-order valence-electron chi connectivity index (χ2n) is 4.56. The van der Waals surface area contributed by atoms with Crippen LogP contribution < -0.4 is 5.73 Å². The van der Waals surface area contributed by atoms with Gasteiger partial charge in [-0.1, -0.05) is 15.9 Å². The third kappa shape index (κ3) is 3.98. The van der Waals surface area contributed by atoms with E-state index in [0.717, 1.165) is 28.4 Å². The Hall–Kier alpha value is -1.61. The maximum Gasteiger partial charge on any atom is 0.254 e. The number of halogens is 3. The molecule has 1 aliphatic carbocycles. The molecule has 2 aromatic rings. The molecule has 1 fully saturated rings. The molecule has 1 aromatic carbocycles. The molecule has 9 heteroatoms. The van der Waals surface area contributed by atoms with Crippen LogP contribution in [-0.2, 0) is 5.33 Å². The van der Waals surface area contributed by atoms with Gasteiger partial charge in [-0.3, -0.25) is 4.79 Å². The van der Waals surface area contributed by atoms with Crippen molar-refractivity contribution >= 4 is 33.2 Å². The topological polar surface area (TPSA) is 89.1 Å². The Kier molecular flexibility index (Phi) is 5.41. The van der Waals surface area contributed by atoms with Gasteiger partial charge in [0.25, 0.3) is 5.91 Å². The fraction of sp³-hybridized carbons (Fsp3) is 0.308. The van der Waals surface area contributed by atoms with E-state index in [-0.39, 0.29) is 0 Å². The summed E-state index contributed by atoms with van der Waals surface area (Å²) in [5.41, 5.74) is 3.73. The molecule has 118 valence electrons. The van der Waals surface area contributed by atoms with Crippen molar-refractivity contribution in [3.8, 4) is 5.75 Å². The highest BCUT2D eigenvalue weighted by Crippen LogP contribution is 2.41. The van der Waals surface area contributed by atoms with Crippen molar-refractivity contribution in [2.45, 2.75) is 24.1 Å². The predicted octanol–water partition coefficient (Wildman–Crippen LogP) is 3.08. The Bertz CT molecular complexity index is 692. The summed E-state index contributed by atoms with van der Waals surface area (Å²) < 4.78 is 25.4. The van der Waals surface area contributed by atoms with Crippen molar-refractivity contribution in [2.75, 3.05) is 0 Å². The number of phenolic OH excluding ortho intramolecular Hbond substituents is 1. The SMILES string of the molecule is BrCc1nnc(C2CC2)s1.NC(=O)c1c(F)ccc(O)c1F. The lowest BCUT2D eigenvalue weighted by molar-refractivity contribution is 0.0991. The molecular weight excluding hydrogens is 380 g/mol. The highest BCUT2D eigenvalue weighted by atomic mass is 79.9. The molecule has 0 radical (unpaired) electrons. The highest BCUT2D eigenvalue weighted by molar-refractivity contribution is 9.08. The summed E-state index contributed by atoms with van der Waals surface area (Å²) in [7, 11) is 0. The predicted molar refractivity (Wildman–Crippen MR) is 81.1 cm³/mol. The van der Waals surface area contributed by atoms with Crippen LogP contribution in [0.15, 0.2) is 12.1 Å². The molecule has 0 spiro atoms. The average molecular weight is 392 g/mol. The van der Waals surface area contributed by atoms with Crippen molar-refractivity contribution in [1.29, 1.82) is 0 Å². The van der Waals surface area contributed by atoms with Crippen molar-refractivity contribution in [3.05, 3.63) is 39.3 Å². The number of carbonyl (C=O) groups is 1. The van der Waals surface area contributed by atoms with Gasteiger partial charge in [-0.05, 0) is 25.0 Å². The number of aromatic hydroxyl groups is 1. The number of primary amides is 1. The van der Waals surface area contributed by atoms with Gasteiger partial charge in [0, 0.05) is 5.92 Å². The smallest absolute Gasteiger partial charge is 0.254 e. The van der Waals surface area contributed by atoms with Gasteiger partial charge in [0.05, 0.1) is 5.33 Å². The van der Waals surface area contributed by atoms with Crippen LogP contribution in [0.1, 0.15) is 39.1 Å². The number of nitrogens with zero attached hydrogens (tertiary/aromatic N) is 2.